The van der Waals surface area contributed by atoms with Crippen LogP contribution in [0.3, 0.4) is 0 Å². The van der Waals surface area contributed by atoms with Crippen molar-refractivity contribution in [3.05, 3.63) is 29.8 Å². The molecule has 0 radical (unpaired) electrons. The van der Waals surface area contributed by atoms with Crippen LogP contribution in [0.2, 0.25) is 0 Å². The van der Waals surface area contributed by atoms with E-state index in [4.69, 9.17) is 4.74 Å². The molecule has 0 heterocycles. The Morgan fingerprint density at radius 2 is 2.00 bits per heavy atom. The fraction of sp³-hybridized carbons (Fsp3) is 0.611. The van der Waals surface area contributed by atoms with Crippen molar-refractivity contribution in [2.75, 3.05) is 26.3 Å². The first-order chi connectivity index (χ1) is 12.0. The first-order valence-electron chi connectivity index (χ1n) is 8.65. The summed E-state index contributed by atoms with van der Waals surface area (Å²) in [6.45, 7) is 6.74. The highest BCUT2D eigenvalue weighted by Gasteiger charge is 2.05. The SMILES string of the molecule is CCNC(=NCc1cccc(OC(F)F)c1)NCCCOCC(C)C.I. The van der Waals surface area contributed by atoms with Gasteiger partial charge < -0.3 is 20.1 Å². The minimum atomic E-state index is -2.82. The number of nitrogens with zero attached hydrogens (tertiary/aromatic N) is 1. The first-order valence-corrected chi connectivity index (χ1v) is 8.65. The molecule has 0 spiro atoms. The van der Waals surface area contributed by atoms with Crippen LogP contribution in [0.1, 0.15) is 32.8 Å². The van der Waals surface area contributed by atoms with E-state index in [2.05, 4.69) is 34.2 Å². The number of aliphatic imine (C=N–C) groups is 1. The summed E-state index contributed by atoms with van der Waals surface area (Å²) in [4.78, 5) is 4.46. The Bertz CT molecular complexity index is 517. The zero-order valence-corrected chi connectivity index (χ0v) is 18.0. The van der Waals surface area contributed by atoms with Gasteiger partial charge >= 0.3 is 6.61 Å². The van der Waals surface area contributed by atoms with E-state index < -0.39 is 6.61 Å². The summed E-state index contributed by atoms with van der Waals surface area (Å²) in [6, 6.07) is 6.57. The number of guanidine groups is 1. The van der Waals surface area contributed by atoms with E-state index in [-0.39, 0.29) is 29.7 Å². The van der Waals surface area contributed by atoms with Crippen molar-refractivity contribution in [2.24, 2.45) is 10.9 Å². The van der Waals surface area contributed by atoms with Gasteiger partial charge in [0, 0.05) is 26.3 Å². The molecule has 0 aliphatic rings. The molecule has 0 bridgehead atoms. The summed E-state index contributed by atoms with van der Waals surface area (Å²) in [5.41, 5.74) is 0.801. The number of benzene rings is 1. The summed E-state index contributed by atoms with van der Waals surface area (Å²) in [5, 5.41) is 6.39. The molecule has 0 aromatic heterocycles. The second-order valence-electron chi connectivity index (χ2n) is 5.97. The largest absolute Gasteiger partial charge is 0.435 e. The minimum Gasteiger partial charge on any atom is -0.435 e. The normalized spacial score (nSPS) is 11.4. The zero-order valence-electron chi connectivity index (χ0n) is 15.6. The van der Waals surface area contributed by atoms with E-state index in [0.29, 0.717) is 25.0 Å². The van der Waals surface area contributed by atoms with Gasteiger partial charge in [-0.3, -0.25) is 0 Å². The third-order valence-electron chi connectivity index (χ3n) is 3.10. The molecule has 0 aliphatic carbocycles. The number of hydrogen-bond donors (Lipinski definition) is 2. The fourth-order valence-electron chi connectivity index (χ4n) is 2.03. The number of hydrogen-bond acceptors (Lipinski definition) is 3. The van der Waals surface area contributed by atoms with E-state index in [1.54, 1.807) is 12.1 Å². The molecular weight excluding hydrogens is 455 g/mol. The van der Waals surface area contributed by atoms with Gasteiger partial charge in [0.05, 0.1) is 6.54 Å². The molecule has 0 saturated carbocycles. The van der Waals surface area contributed by atoms with Crippen molar-refractivity contribution in [2.45, 2.75) is 40.3 Å². The van der Waals surface area contributed by atoms with Crippen LogP contribution in [-0.4, -0.2) is 38.9 Å². The molecule has 26 heavy (non-hydrogen) atoms. The van der Waals surface area contributed by atoms with Gasteiger partial charge in [-0.15, -0.1) is 24.0 Å². The monoisotopic (exact) mass is 485 g/mol. The molecule has 0 unspecified atom stereocenters. The van der Waals surface area contributed by atoms with Gasteiger partial charge in [-0.05, 0) is 37.0 Å². The summed E-state index contributed by atoms with van der Waals surface area (Å²) in [5.74, 6) is 1.37. The van der Waals surface area contributed by atoms with Crippen molar-refractivity contribution >= 4 is 29.9 Å². The van der Waals surface area contributed by atoms with Gasteiger partial charge in [-0.2, -0.15) is 8.78 Å². The van der Waals surface area contributed by atoms with Crippen LogP contribution < -0.4 is 15.4 Å². The molecular formula is C18H30F2IN3O2. The van der Waals surface area contributed by atoms with Crippen LogP contribution >= 0.6 is 24.0 Å². The lowest BCUT2D eigenvalue weighted by Gasteiger charge is -2.12. The maximum absolute atomic E-state index is 12.3. The first kappa shape index (κ1) is 24.8. The third-order valence-corrected chi connectivity index (χ3v) is 3.10. The maximum atomic E-state index is 12.3. The molecule has 8 heteroatoms. The number of alkyl halides is 2. The predicted molar refractivity (Wildman–Crippen MR) is 112 cm³/mol. The quantitative estimate of drug-likeness (QED) is 0.215. The van der Waals surface area contributed by atoms with Gasteiger partial charge in [0.2, 0.25) is 0 Å². The molecule has 0 aliphatic heterocycles. The van der Waals surface area contributed by atoms with Crippen LogP contribution in [0, 0.1) is 5.92 Å². The summed E-state index contributed by atoms with van der Waals surface area (Å²) in [6.07, 6.45) is 0.884. The molecule has 0 amide bonds. The predicted octanol–water partition coefficient (Wildman–Crippen LogP) is 4.02. The van der Waals surface area contributed by atoms with E-state index in [0.717, 1.165) is 31.7 Å². The Balaban J connectivity index is 0.00000625. The second-order valence-corrected chi connectivity index (χ2v) is 5.97. The van der Waals surface area contributed by atoms with E-state index in [1.165, 1.54) is 6.07 Å². The van der Waals surface area contributed by atoms with E-state index in [9.17, 15) is 8.78 Å². The van der Waals surface area contributed by atoms with Gasteiger partial charge in [0.15, 0.2) is 5.96 Å². The van der Waals surface area contributed by atoms with Gasteiger partial charge in [-0.1, -0.05) is 26.0 Å². The van der Waals surface area contributed by atoms with Crippen molar-refractivity contribution in [1.82, 2.24) is 10.6 Å². The van der Waals surface area contributed by atoms with Crippen LogP contribution in [0.25, 0.3) is 0 Å². The Hall–Kier alpha value is -1.16. The Labute approximate surface area is 172 Å². The number of nitrogens with one attached hydrogen (secondary N) is 2. The maximum Gasteiger partial charge on any atom is 0.387 e. The lowest BCUT2D eigenvalue weighted by atomic mass is 10.2. The molecule has 1 aromatic carbocycles. The summed E-state index contributed by atoms with van der Waals surface area (Å²) < 4.78 is 34.5. The summed E-state index contributed by atoms with van der Waals surface area (Å²) in [7, 11) is 0. The Morgan fingerprint density at radius 1 is 1.23 bits per heavy atom. The van der Waals surface area contributed by atoms with Gasteiger partial charge in [-0.25, -0.2) is 4.99 Å². The topological polar surface area (TPSA) is 54.9 Å². The zero-order chi connectivity index (χ0) is 18.5. The molecule has 0 fully saturated rings. The van der Waals surface area contributed by atoms with E-state index >= 15 is 0 Å². The second kappa shape index (κ2) is 15.0. The number of ether oxygens (including phenoxy) is 2. The van der Waals surface area contributed by atoms with Crippen LogP contribution in [0.5, 0.6) is 5.75 Å². The van der Waals surface area contributed by atoms with Crippen molar-refractivity contribution < 1.29 is 18.3 Å². The number of rotatable bonds is 11. The molecule has 0 atom stereocenters. The fourth-order valence-corrected chi connectivity index (χ4v) is 2.03. The lowest BCUT2D eigenvalue weighted by Crippen LogP contribution is -2.38. The number of halogens is 3. The smallest absolute Gasteiger partial charge is 0.387 e. The molecule has 1 aromatic rings. The average molecular weight is 485 g/mol. The Kier molecular flexibility index (Phi) is 14.3. The van der Waals surface area contributed by atoms with Gasteiger partial charge in [0.25, 0.3) is 0 Å². The van der Waals surface area contributed by atoms with Crippen molar-refractivity contribution in [1.29, 1.82) is 0 Å². The van der Waals surface area contributed by atoms with Crippen LogP contribution in [-0.2, 0) is 11.3 Å². The van der Waals surface area contributed by atoms with Crippen LogP contribution in [0.4, 0.5) is 8.78 Å². The van der Waals surface area contributed by atoms with Crippen molar-refractivity contribution in [3.63, 3.8) is 0 Å². The molecule has 2 N–H and O–H groups in total. The summed E-state index contributed by atoms with van der Waals surface area (Å²) >= 11 is 0. The third kappa shape index (κ3) is 12.2. The van der Waals surface area contributed by atoms with E-state index in [1.807, 2.05) is 13.0 Å². The highest BCUT2D eigenvalue weighted by molar-refractivity contribution is 14.0. The molecule has 1 rings (SSSR count). The average Bonchev–Trinajstić information content (AvgIpc) is 2.55. The molecule has 150 valence electrons. The van der Waals surface area contributed by atoms with Gasteiger partial charge in [0.1, 0.15) is 5.75 Å². The van der Waals surface area contributed by atoms with Crippen LogP contribution in [0.15, 0.2) is 29.3 Å². The lowest BCUT2D eigenvalue weighted by molar-refractivity contribution is -0.0498. The highest BCUT2D eigenvalue weighted by atomic mass is 127. The standard InChI is InChI=1S/C18H29F2N3O2.HI/c1-4-21-18(22-9-6-10-24-13-14(2)3)23-12-15-7-5-8-16(11-15)25-17(19)20;/h5,7-8,11,14,17H,4,6,9-10,12-13H2,1-3H3,(H2,21,22,23);1H. The Morgan fingerprint density at radius 3 is 2.65 bits per heavy atom. The molecule has 0 saturated heterocycles. The minimum absolute atomic E-state index is 0. The molecule has 5 nitrogen and oxygen atoms in total. The van der Waals surface area contributed by atoms with Crippen molar-refractivity contribution in [3.8, 4) is 5.75 Å². The highest BCUT2D eigenvalue weighted by Crippen LogP contribution is 2.16.